The number of halogens is 1. The fourth-order valence-corrected chi connectivity index (χ4v) is 5.34. The summed E-state index contributed by atoms with van der Waals surface area (Å²) >= 11 is 0. The third kappa shape index (κ3) is 8.54. The average molecular weight is 614 g/mol. The number of amides is 2. The van der Waals surface area contributed by atoms with Gasteiger partial charge in [-0.3, -0.25) is 9.69 Å². The van der Waals surface area contributed by atoms with E-state index in [1.54, 1.807) is 46.4 Å². The van der Waals surface area contributed by atoms with Crippen molar-refractivity contribution in [1.82, 2.24) is 4.90 Å². The van der Waals surface area contributed by atoms with E-state index in [2.05, 4.69) is 5.32 Å². The molecule has 240 valence electrons. The van der Waals surface area contributed by atoms with Gasteiger partial charge in [0.15, 0.2) is 5.82 Å². The van der Waals surface area contributed by atoms with E-state index >= 15 is 4.39 Å². The number of carbonyl (C=O) groups excluding carboxylic acids is 2. The quantitative estimate of drug-likeness (QED) is 0.288. The number of nitrogens with zero attached hydrogens (tertiary/aromatic N) is 2. The highest BCUT2D eigenvalue weighted by Gasteiger charge is 2.40. The van der Waals surface area contributed by atoms with Crippen molar-refractivity contribution in [2.45, 2.75) is 91.1 Å². The van der Waals surface area contributed by atoms with E-state index in [-0.39, 0.29) is 48.8 Å². The van der Waals surface area contributed by atoms with Crippen LogP contribution in [0.5, 0.6) is 5.75 Å². The monoisotopic (exact) mass is 613 g/mol. The number of hydrogen-bond acceptors (Lipinski definition) is 7. The Morgan fingerprint density at radius 2 is 1.68 bits per heavy atom. The van der Waals surface area contributed by atoms with Gasteiger partial charge in [-0.1, -0.05) is 36.8 Å². The Balaban J connectivity index is 1.65. The Morgan fingerprint density at radius 1 is 1.02 bits per heavy atom. The lowest BCUT2D eigenvalue weighted by Crippen LogP contribution is -2.49. The second-order valence-electron chi connectivity index (χ2n) is 13.5. The lowest BCUT2D eigenvalue weighted by molar-refractivity contribution is -0.152. The van der Waals surface area contributed by atoms with Crippen LogP contribution >= 0.6 is 0 Å². The van der Waals surface area contributed by atoms with Crippen LogP contribution in [0, 0.1) is 11.7 Å². The van der Waals surface area contributed by atoms with E-state index in [1.807, 2.05) is 30.3 Å². The van der Waals surface area contributed by atoms with Crippen LogP contribution in [0.4, 0.5) is 25.4 Å². The molecule has 2 aromatic rings. The predicted molar refractivity (Wildman–Crippen MR) is 165 cm³/mol. The molecule has 11 heteroatoms. The minimum absolute atomic E-state index is 0.0253. The van der Waals surface area contributed by atoms with Crippen LogP contribution < -0.4 is 15.0 Å². The summed E-state index contributed by atoms with van der Waals surface area (Å²) in [6.45, 7) is 10.8. The van der Waals surface area contributed by atoms with Gasteiger partial charge < -0.3 is 29.5 Å². The lowest BCUT2D eigenvalue weighted by Gasteiger charge is -2.36. The standard InChI is InChI=1S/C33H44FN3O7/c1-32(2,3)43-27(38)17-35-29-26(42-20-22-11-8-7-9-12-22)16-25-24(28(29)34)15-23(37(25)30(39)40)19-36(18-21-13-10-14-21)31(41)44-33(4,5)6/h7-9,11-12,16,21,23,35H,10,13-15,17-20H2,1-6H3,(H,39,40)/t23-/m1/s1. The molecule has 0 saturated heterocycles. The third-order valence-electron chi connectivity index (χ3n) is 7.43. The number of rotatable bonds is 10. The molecule has 2 aromatic carbocycles. The number of nitrogens with one attached hydrogen (secondary N) is 1. The summed E-state index contributed by atoms with van der Waals surface area (Å²) in [7, 11) is 0. The fraction of sp³-hybridized carbons (Fsp3) is 0.545. The van der Waals surface area contributed by atoms with Crippen LogP contribution in [0.15, 0.2) is 36.4 Å². The zero-order valence-corrected chi connectivity index (χ0v) is 26.4. The first-order chi connectivity index (χ1) is 20.6. The normalized spacial score (nSPS) is 16.5. The van der Waals surface area contributed by atoms with E-state index in [0.29, 0.717) is 12.5 Å². The summed E-state index contributed by atoms with van der Waals surface area (Å²) in [6, 6.07) is 9.99. The summed E-state index contributed by atoms with van der Waals surface area (Å²) < 4.78 is 33.4. The zero-order valence-electron chi connectivity index (χ0n) is 26.4. The highest BCUT2D eigenvalue weighted by Crippen LogP contribution is 2.43. The maximum Gasteiger partial charge on any atom is 0.412 e. The van der Waals surface area contributed by atoms with Crippen molar-refractivity contribution < 1.29 is 38.1 Å². The molecule has 0 unspecified atom stereocenters. The van der Waals surface area contributed by atoms with Crippen molar-refractivity contribution in [3.63, 3.8) is 0 Å². The van der Waals surface area contributed by atoms with Crippen LogP contribution in [0.1, 0.15) is 71.9 Å². The van der Waals surface area contributed by atoms with Gasteiger partial charge >= 0.3 is 18.2 Å². The second-order valence-corrected chi connectivity index (χ2v) is 13.5. The van der Waals surface area contributed by atoms with E-state index < -0.39 is 41.2 Å². The Morgan fingerprint density at radius 3 is 2.25 bits per heavy atom. The van der Waals surface area contributed by atoms with Crippen LogP contribution in [0.25, 0.3) is 0 Å². The van der Waals surface area contributed by atoms with E-state index in [0.717, 1.165) is 29.7 Å². The molecule has 10 nitrogen and oxygen atoms in total. The van der Waals surface area contributed by atoms with Gasteiger partial charge in [-0.15, -0.1) is 0 Å². The number of hydrogen-bond donors (Lipinski definition) is 2. The maximum absolute atomic E-state index is 16.3. The average Bonchev–Trinajstić information content (AvgIpc) is 3.25. The SMILES string of the molecule is CC(C)(C)OC(=O)CNc1c(OCc2ccccc2)cc2c(c1F)C[C@H](CN(CC1CCC1)C(=O)OC(C)(C)C)N2C(=O)O. The molecule has 44 heavy (non-hydrogen) atoms. The van der Waals surface area contributed by atoms with Crippen LogP contribution in [0.3, 0.4) is 0 Å². The Bertz CT molecular complexity index is 1350. The second kappa shape index (κ2) is 13.3. The molecule has 0 radical (unpaired) electrons. The summed E-state index contributed by atoms with van der Waals surface area (Å²) in [6.07, 6.45) is 1.27. The summed E-state index contributed by atoms with van der Waals surface area (Å²) in [5, 5.41) is 13.1. The van der Waals surface area contributed by atoms with E-state index in [9.17, 15) is 19.5 Å². The highest BCUT2D eigenvalue weighted by atomic mass is 19.1. The molecule has 1 fully saturated rings. The van der Waals surface area contributed by atoms with Crippen molar-refractivity contribution in [1.29, 1.82) is 0 Å². The zero-order chi connectivity index (χ0) is 32.2. The number of ether oxygens (including phenoxy) is 3. The van der Waals surface area contributed by atoms with Gasteiger partial charge in [0, 0.05) is 31.1 Å². The molecular formula is C33H44FN3O7. The van der Waals surface area contributed by atoms with Gasteiger partial charge in [-0.25, -0.2) is 14.0 Å². The fourth-order valence-electron chi connectivity index (χ4n) is 5.34. The number of anilines is 2. The van der Waals surface area contributed by atoms with E-state index in [4.69, 9.17) is 14.2 Å². The van der Waals surface area contributed by atoms with Crippen molar-refractivity contribution in [2.24, 2.45) is 5.92 Å². The Kier molecular flexibility index (Phi) is 9.95. The minimum atomic E-state index is -1.27. The molecule has 0 bridgehead atoms. The summed E-state index contributed by atoms with van der Waals surface area (Å²) in [4.78, 5) is 41.0. The van der Waals surface area contributed by atoms with Gasteiger partial charge in [0.05, 0.1) is 11.7 Å². The van der Waals surface area contributed by atoms with Gasteiger partial charge in [0.25, 0.3) is 0 Å². The molecule has 1 heterocycles. The van der Waals surface area contributed by atoms with Crippen molar-refractivity contribution in [3.8, 4) is 5.75 Å². The first kappa shape index (κ1) is 32.9. The molecule has 4 rings (SSSR count). The Labute approximate surface area is 258 Å². The largest absolute Gasteiger partial charge is 0.487 e. The Hall–Kier alpha value is -4.02. The molecule has 1 atom stereocenters. The number of benzene rings is 2. The number of esters is 1. The van der Waals surface area contributed by atoms with E-state index in [1.165, 1.54) is 6.07 Å². The molecule has 1 aliphatic carbocycles. The molecule has 1 saturated carbocycles. The van der Waals surface area contributed by atoms with Crippen molar-refractivity contribution >= 4 is 29.5 Å². The topological polar surface area (TPSA) is 118 Å². The number of fused-ring (bicyclic) bond motifs is 1. The first-order valence-electron chi connectivity index (χ1n) is 15.1. The molecule has 2 amide bonds. The smallest absolute Gasteiger partial charge is 0.412 e. The molecule has 2 N–H and O–H groups in total. The van der Waals surface area contributed by atoms with Gasteiger partial charge in [-0.05, 0) is 65.9 Å². The van der Waals surface area contributed by atoms with Gasteiger partial charge in [-0.2, -0.15) is 0 Å². The van der Waals surface area contributed by atoms with Crippen molar-refractivity contribution in [3.05, 3.63) is 53.3 Å². The highest BCUT2D eigenvalue weighted by molar-refractivity contribution is 5.92. The molecule has 1 aliphatic heterocycles. The minimum Gasteiger partial charge on any atom is -0.487 e. The van der Waals surface area contributed by atoms with Crippen LogP contribution in [-0.4, -0.2) is 65.0 Å². The number of carboxylic acid groups (broad SMARTS) is 1. The third-order valence-corrected chi connectivity index (χ3v) is 7.43. The van der Waals surface area contributed by atoms with Crippen molar-refractivity contribution in [2.75, 3.05) is 29.9 Å². The molecule has 0 spiro atoms. The van der Waals surface area contributed by atoms with Crippen LogP contribution in [0.2, 0.25) is 0 Å². The lowest BCUT2D eigenvalue weighted by atomic mass is 9.85. The van der Waals surface area contributed by atoms with Gasteiger partial charge in [0.2, 0.25) is 0 Å². The van der Waals surface area contributed by atoms with Gasteiger partial charge in [0.1, 0.15) is 35.8 Å². The molecule has 0 aromatic heterocycles. The first-order valence-corrected chi connectivity index (χ1v) is 15.1. The molecular weight excluding hydrogens is 569 g/mol. The predicted octanol–water partition coefficient (Wildman–Crippen LogP) is 6.60. The summed E-state index contributed by atoms with van der Waals surface area (Å²) in [5.41, 5.74) is -0.399. The molecule has 2 aliphatic rings. The maximum atomic E-state index is 16.3. The van der Waals surface area contributed by atoms with Crippen LogP contribution in [-0.2, 0) is 27.3 Å². The number of carbonyl (C=O) groups is 3. The summed E-state index contributed by atoms with van der Waals surface area (Å²) in [5.74, 6) is -0.937.